The highest BCUT2D eigenvalue weighted by atomic mass is 15.0. The maximum absolute atomic E-state index is 4.78. The topological polar surface area (TPSA) is 115 Å². The minimum Gasteiger partial charge on any atom is -0.345 e. The van der Waals surface area contributed by atoms with Crippen molar-refractivity contribution >= 4 is 22.1 Å². The van der Waals surface area contributed by atoms with E-state index >= 15 is 0 Å². The van der Waals surface area contributed by atoms with E-state index in [9.17, 15) is 0 Å². The molecule has 4 N–H and O–H groups in total. The van der Waals surface area contributed by atoms with Gasteiger partial charge in [-0.15, -0.1) is 0 Å². The van der Waals surface area contributed by atoms with E-state index in [1.807, 2.05) is 36.7 Å². The SMILES string of the molecule is CC(c1nc2ccc(-c3ncc[nH]3)cc2[nH]1)c1nc2ccc(-c3ncc[nH]3)cc2[nH]1. The van der Waals surface area contributed by atoms with Crippen molar-refractivity contribution in [3.63, 3.8) is 0 Å². The second-order valence-electron chi connectivity index (χ2n) is 7.31. The first kappa shape index (κ1) is 16.7. The summed E-state index contributed by atoms with van der Waals surface area (Å²) in [5.74, 6) is 3.40. The molecule has 4 heterocycles. The minimum absolute atomic E-state index is 0.0103. The first-order valence-electron chi connectivity index (χ1n) is 9.73. The van der Waals surface area contributed by atoms with Gasteiger partial charge in [0.25, 0.3) is 0 Å². The van der Waals surface area contributed by atoms with Gasteiger partial charge in [0.1, 0.15) is 23.3 Å². The van der Waals surface area contributed by atoms with Gasteiger partial charge in [-0.25, -0.2) is 19.9 Å². The molecule has 4 aromatic heterocycles. The molecule has 6 aromatic rings. The lowest BCUT2D eigenvalue weighted by Crippen LogP contribution is -2.00. The van der Waals surface area contributed by atoms with Crippen molar-refractivity contribution in [1.82, 2.24) is 39.9 Å². The number of fused-ring (bicyclic) bond motifs is 2. The minimum atomic E-state index is -0.0103. The molecule has 2 aromatic carbocycles. The fourth-order valence-electron chi connectivity index (χ4n) is 3.74. The van der Waals surface area contributed by atoms with E-state index in [4.69, 9.17) is 9.97 Å². The Morgan fingerprint density at radius 3 is 1.63 bits per heavy atom. The Morgan fingerprint density at radius 2 is 1.20 bits per heavy atom. The summed E-state index contributed by atoms with van der Waals surface area (Å²) in [5, 5.41) is 0. The molecule has 146 valence electrons. The second kappa shape index (κ2) is 6.41. The first-order valence-corrected chi connectivity index (χ1v) is 9.73. The smallest absolute Gasteiger partial charge is 0.137 e. The number of hydrogen-bond acceptors (Lipinski definition) is 4. The van der Waals surface area contributed by atoms with Crippen LogP contribution in [0.1, 0.15) is 24.5 Å². The number of nitrogens with zero attached hydrogens (tertiary/aromatic N) is 4. The largest absolute Gasteiger partial charge is 0.345 e. The van der Waals surface area contributed by atoms with Crippen LogP contribution >= 0.6 is 0 Å². The standard InChI is InChI=1S/C22H18N8/c1-12(19-27-15-4-2-13(10-17(15)29-19)21-23-6-7-24-21)20-28-16-5-3-14(11-18(16)30-20)22-25-8-9-26-22/h2-12H,1H3,(H,23,24)(H,25,26)(H,27,29)(H,28,30). The van der Waals surface area contributed by atoms with Crippen LogP contribution in [0.5, 0.6) is 0 Å². The van der Waals surface area contributed by atoms with E-state index < -0.39 is 0 Å². The average Bonchev–Trinajstić information content (AvgIpc) is 3.56. The normalized spacial score (nSPS) is 11.8. The number of imidazole rings is 4. The van der Waals surface area contributed by atoms with Crippen molar-refractivity contribution in [3.8, 4) is 22.8 Å². The van der Waals surface area contributed by atoms with Gasteiger partial charge in [-0.3, -0.25) is 0 Å². The van der Waals surface area contributed by atoms with Crippen LogP contribution in [0.25, 0.3) is 44.8 Å². The van der Waals surface area contributed by atoms with Crippen LogP contribution in [0.3, 0.4) is 0 Å². The Hall–Kier alpha value is -4.20. The number of H-pyrrole nitrogens is 4. The maximum atomic E-state index is 4.78. The third-order valence-electron chi connectivity index (χ3n) is 5.36. The zero-order chi connectivity index (χ0) is 20.1. The third-order valence-corrected chi connectivity index (χ3v) is 5.36. The van der Waals surface area contributed by atoms with Crippen LogP contribution < -0.4 is 0 Å². The lowest BCUT2D eigenvalue weighted by Gasteiger charge is -2.03. The Balaban J connectivity index is 1.36. The molecule has 0 saturated heterocycles. The number of rotatable bonds is 4. The van der Waals surface area contributed by atoms with E-state index in [2.05, 4.69) is 49.0 Å². The summed E-state index contributed by atoms with van der Waals surface area (Å²) in [5.41, 5.74) is 5.82. The van der Waals surface area contributed by atoms with E-state index in [1.165, 1.54) is 0 Å². The van der Waals surface area contributed by atoms with Gasteiger partial charge in [0.05, 0.1) is 28.0 Å². The van der Waals surface area contributed by atoms with Crippen molar-refractivity contribution < 1.29 is 0 Å². The number of aromatic amines is 4. The molecule has 6 rings (SSSR count). The lowest BCUT2D eigenvalue weighted by molar-refractivity contribution is 0.790. The van der Waals surface area contributed by atoms with Gasteiger partial charge < -0.3 is 19.9 Å². The number of nitrogens with one attached hydrogen (secondary N) is 4. The molecule has 0 aliphatic heterocycles. The Morgan fingerprint density at radius 1 is 0.700 bits per heavy atom. The zero-order valence-corrected chi connectivity index (χ0v) is 16.1. The molecule has 0 aliphatic carbocycles. The molecule has 0 fully saturated rings. The summed E-state index contributed by atoms with van der Waals surface area (Å²) in [7, 11) is 0. The average molecular weight is 394 g/mol. The fourth-order valence-corrected chi connectivity index (χ4v) is 3.74. The Kier molecular flexibility index (Phi) is 3.58. The molecule has 0 radical (unpaired) electrons. The van der Waals surface area contributed by atoms with Crippen molar-refractivity contribution in [2.45, 2.75) is 12.8 Å². The summed E-state index contributed by atoms with van der Waals surface area (Å²) in [4.78, 5) is 31.4. The molecular formula is C22H18N8. The maximum Gasteiger partial charge on any atom is 0.137 e. The van der Waals surface area contributed by atoms with Crippen molar-refractivity contribution in [1.29, 1.82) is 0 Å². The van der Waals surface area contributed by atoms with E-state index in [0.717, 1.165) is 56.5 Å². The fraction of sp³-hybridized carbons (Fsp3) is 0.0909. The highest BCUT2D eigenvalue weighted by molar-refractivity contribution is 5.82. The van der Waals surface area contributed by atoms with Gasteiger partial charge in [-0.05, 0) is 43.3 Å². The highest BCUT2D eigenvalue weighted by Gasteiger charge is 2.18. The van der Waals surface area contributed by atoms with Crippen LogP contribution in [0.2, 0.25) is 0 Å². The molecule has 8 heteroatoms. The predicted molar refractivity (Wildman–Crippen MR) is 115 cm³/mol. The van der Waals surface area contributed by atoms with E-state index in [-0.39, 0.29) is 5.92 Å². The van der Waals surface area contributed by atoms with Crippen LogP contribution in [0.15, 0.2) is 61.2 Å². The zero-order valence-electron chi connectivity index (χ0n) is 16.1. The summed E-state index contributed by atoms with van der Waals surface area (Å²) in [6.45, 7) is 2.09. The van der Waals surface area contributed by atoms with Crippen LogP contribution in [0, 0.1) is 0 Å². The van der Waals surface area contributed by atoms with Crippen molar-refractivity contribution in [2.24, 2.45) is 0 Å². The van der Waals surface area contributed by atoms with Crippen LogP contribution in [-0.4, -0.2) is 39.9 Å². The summed E-state index contributed by atoms with van der Waals surface area (Å²) < 4.78 is 0. The van der Waals surface area contributed by atoms with Crippen molar-refractivity contribution in [3.05, 3.63) is 72.8 Å². The quantitative estimate of drug-likeness (QED) is 0.355. The molecule has 8 nitrogen and oxygen atoms in total. The number of benzene rings is 2. The number of aromatic nitrogens is 8. The van der Waals surface area contributed by atoms with Gasteiger partial charge in [0.2, 0.25) is 0 Å². The first-order chi connectivity index (χ1) is 14.7. The molecular weight excluding hydrogens is 376 g/mol. The molecule has 0 unspecified atom stereocenters. The summed E-state index contributed by atoms with van der Waals surface area (Å²) in [6.07, 6.45) is 7.13. The van der Waals surface area contributed by atoms with Gasteiger partial charge in [0, 0.05) is 35.9 Å². The predicted octanol–water partition coefficient (Wildman–Crippen LogP) is 4.37. The summed E-state index contributed by atoms with van der Waals surface area (Å²) >= 11 is 0. The molecule has 0 atom stereocenters. The Bertz CT molecular complexity index is 1340. The number of hydrogen-bond donors (Lipinski definition) is 4. The van der Waals surface area contributed by atoms with E-state index in [1.54, 1.807) is 12.4 Å². The summed E-state index contributed by atoms with van der Waals surface area (Å²) in [6, 6.07) is 12.2. The van der Waals surface area contributed by atoms with Gasteiger partial charge in [-0.1, -0.05) is 0 Å². The molecule has 0 spiro atoms. The highest BCUT2D eigenvalue weighted by Crippen LogP contribution is 2.27. The third kappa shape index (κ3) is 2.69. The van der Waals surface area contributed by atoms with Gasteiger partial charge >= 0.3 is 0 Å². The molecule has 0 amide bonds. The molecule has 0 bridgehead atoms. The van der Waals surface area contributed by atoms with Crippen LogP contribution in [-0.2, 0) is 0 Å². The van der Waals surface area contributed by atoms with Gasteiger partial charge in [-0.2, -0.15) is 0 Å². The van der Waals surface area contributed by atoms with Crippen LogP contribution in [0.4, 0.5) is 0 Å². The Labute approximate surface area is 170 Å². The molecule has 0 aliphatic rings. The second-order valence-corrected chi connectivity index (χ2v) is 7.31. The van der Waals surface area contributed by atoms with Crippen molar-refractivity contribution in [2.75, 3.05) is 0 Å². The lowest BCUT2D eigenvalue weighted by atomic mass is 10.1. The van der Waals surface area contributed by atoms with Gasteiger partial charge in [0.15, 0.2) is 0 Å². The van der Waals surface area contributed by atoms with E-state index in [0.29, 0.717) is 0 Å². The molecule has 0 saturated carbocycles. The monoisotopic (exact) mass is 394 g/mol. The molecule has 30 heavy (non-hydrogen) atoms.